The van der Waals surface area contributed by atoms with E-state index in [1.165, 1.54) is 0 Å². The van der Waals surface area contributed by atoms with Gasteiger partial charge in [-0.05, 0) is 32.6 Å². The predicted octanol–water partition coefficient (Wildman–Crippen LogP) is 1.26. The molecule has 0 aliphatic heterocycles. The Bertz CT molecular complexity index is 182. The van der Waals surface area contributed by atoms with Crippen LogP contribution in [0.25, 0.3) is 0 Å². The molecule has 0 bridgehead atoms. The predicted molar refractivity (Wildman–Crippen MR) is 60.1 cm³/mol. The van der Waals surface area contributed by atoms with E-state index >= 15 is 0 Å². The monoisotopic (exact) mass is 237 g/mol. The highest BCUT2D eigenvalue weighted by atomic mass is 35.5. The van der Waals surface area contributed by atoms with Gasteiger partial charge < -0.3 is 15.2 Å². The van der Waals surface area contributed by atoms with Crippen molar-refractivity contribution in [1.82, 2.24) is 0 Å². The Kier molecular flexibility index (Phi) is 7.74. The Labute approximate surface area is 96.9 Å². The van der Waals surface area contributed by atoms with Crippen LogP contribution in [0.5, 0.6) is 0 Å². The number of hydrogen-bond acceptors (Lipinski definition) is 4. The normalized spacial score (nSPS) is 25.5. The van der Waals surface area contributed by atoms with E-state index in [0.717, 1.165) is 25.7 Å². The van der Waals surface area contributed by atoms with Crippen LogP contribution in [0.4, 0.5) is 0 Å². The summed E-state index contributed by atoms with van der Waals surface area (Å²) in [5.74, 6) is -0.276. The van der Waals surface area contributed by atoms with Crippen molar-refractivity contribution in [2.75, 3.05) is 13.2 Å². The highest BCUT2D eigenvalue weighted by molar-refractivity contribution is 5.85. The molecule has 0 unspecified atom stereocenters. The molecule has 0 spiro atoms. The maximum Gasteiger partial charge on any atom is 0.332 e. The van der Waals surface area contributed by atoms with Crippen LogP contribution in [-0.2, 0) is 14.3 Å². The van der Waals surface area contributed by atoms with E-state index in [1.807, 2.05) is 0 Å². The molecule has 0 atom stereocenters. The third-order valence-electron chi connectivity index (χ3n) is 2.46. The van der Waals surface area contributed by atoms with E-state index in [1.54, 1.807) is 6.92 Å². The summed E-state index contributed by atoms with van der Waals surface area (Å²) in [6, 6.07) is 0.317. The first-order valence-corrected chi connectivity index (χ1v) is 5.25. The van der Waals surface area contributed by atoms with E-state index in [4.69, 9.17) is 15.2 Å². The first kappa shape index (κ1) is 14.7. The summed E-state index contributed by atoms with van der Waals surface area (Å²) in [7, 11) is 0. The maximum atomic E-state index is 11.0. The van der Waals surface area contributed by atoms with Crippen LogP contribution in [0.3, 0.4) is 0 Å². The minimum atomic E-state index is -0.276. The molecule has 0 saturated heterocycles. The number of esters is 1. The zero-order valence-corrected chi connectivity index (χ0v) is 9.92. The lowest BCUT2D eigenvalue weighted by molar-refractivity contribution is -0.151. The number of nitrogens with two attached hydrogens (primary N) is 1. The topological polar surface area (TPSA) is 61.5 Å². The molecule has 90 valence electrons. The Morgan fingerprint density at radius 3 is 2.47 bits per heavy atom. The number of halogens is 1. The van der Waals surface area contributed by atoms with E-state index < -0.39 is 0 Å². The molecule has 2 N–H and O–H groups in total. The minimum absolute atomic E-state index is 0. The number of carbonyl (C=O) groups excluding carboxylic acids is 1. The van der Waals surface area contributed by atoms with Crippen LogP contribution >= 0.6 is 12.4 Å². The van der Waals surface area contributed by atoms with Gasteiger partial charge in [-0.2, -0.15) is 0 Å². The largest absolute Gasteiger partial charge is 0.464 e. The number of hydrogen-bond donors (Lipinski definition) is 1. The third kappa shape index (κ3) is 5.97. The molecule has 15 heavy (non-hydrogen) atoms. The van der Waals surface area contributed by atoms with Crippen molar-refractivity contribution < 1.29 is 14.3 Å². The lowest BCUT2D eigenvalue weighted by Crippen LogP contribution is -2.31. The van der Waals surface area contributed by atoms with Crippen molar-refractivity contribution in [2.45, 2.75) is 44.8 Å². The zero-order chi connectivity index (χ0) is 10.4. The second-order valence-electron chi connectivity index (χ2n) is 3.65. The van der Waals surface area contributed by atoms with Crippen LogP contribution in [0.2, 0.25) is 0 Å². The van der Waals surface area contributed by atoms with Gasteiger partial charge in [0.1, 0.15) is 6.61 Å². The van der Waals surface area contributed by atoms with Crippen LogP contribution in [-0.4, -0.2) is 31.3 Å². The van der Waals surface area contributed by atoms with Gasteiger partial charge in [0, 0.05) is 6.04 Å². The van der Waals surface area contributed by atoms with Crippen LogP contribution in [0, 0.1) is 0 Å². The Morgan fingerprint density at radius 2 is 1.93 bits per heavy atom. The average molecular weight is 238 g/mol. The van der Waals surface area contributed by atoms with Gasteiger partial charge in [-0.1, -0.05) is 0 Å². The smallest absolute Gasteiger partial charge is 0.332 e. The fraction of sp³-hybridized carbons (Fsp3) is 0.900. The second kappa shape index (κ2) is 7.91. The maximum absolute atomic E-state index is 11.0. The van der Waals surface area contributed by atoms with E-state index in [0.29, 0.717) is 12.6 Å². The second-order valence-corrected chi connectivity index (χ2v) is 3.65. The molecule has 1 rings (SSSR count). The summed E-state index contributed by atoms with van der Waals surface area (Å²) < 4.78 is 10.2. The summed E-state index contributed by atoms with van der Waals surface area (Å²) >= 11 is 0. The number of ether oxygens (including phenoxy) is 2. The highest BCUT2D eigenvalue weighted by Crippen LogP contribution is 2.19. The van der Waals surface area contributed by atoms with E-state index in [-0.39, 0.29) is 31.1 Å². The van der Waals surface area contributed by atoms with Gasteiger partial charge in [0.15, 0.2) is 0 Å². The molecule has 4 nitrogen and oxygen atoms in total. The van der Waals surface area contributed by atoms with Crippen LogP contribution in [0.15, 0.2) is 0 Å². The first-order chi connectivity index (χ1) is 6.72. The summed E-state index contributed by atoms with van der Waals surface area (Å²) in [5, 5.41) is 0. The summed E-state index contributed by atoms with van der Waals surface area (Å²) in [4.78, 5) is 11.0. The van der Waals surface area contributed by atoms with Crippen molar-refractivity contribution >= 4 is 18.4 Å². The quantitative estimate of drug-likeness (QED) is 0.748. The van der Waals surface area contributed by atoms with Gasteiger partial charge in [0.05, 0.1) is 12.7 Å². The standard InChI is InChI=1S/C10H19NO3.ClH/c1-2-13-10(12)7-14-9-5-3-8(11)4-6-9;/h8-9H,2-7,11H2,1H3;1H. The van der Waals surface area contributed by atoms with Gasteiger partial charge in [-0.3, -0.25) is 0 Å². The molecule has 0 radical (unpaired) electrons. The molecule has 0 aromatic carbocycles. The Morgan fingerprint density at radius 1 is 1.33 bits per heavy atom. The molecule has 0 amide bonds. The van der Waals surface area contributed by atoms with Crippen molar-refractivity contribution in [3.63, 3.8) is 0 Å². The number of rotatable bonds is 4. The van der Waals surface area contributed by atoms with Crippen molar-refractivity contribution in [2.24, 2.45) is 5.73 Å². The van der Waals surface area contributed by atoms with Crippen LogP contribution in [0.1, 0.15) is 32.6 Å². The average Bonchev–Trinajstić information content (AvgIpc) is 2.17. The fourth-order valence-electron chi connectivity index (χ4n) is 1.64. The van der Waals surface area contributed by atoms with Crippen molar-refractivity contribution in [3.05, 3.63) is 0 Å². The fourth-order valence-corrected chi connectivity index (χ4v) is 1.64. The van der Waals surface area contributed by atoms with Gasteiger partial charge in [-0.25, -0.2) is 4.79 Å². The minimum Gasteiger partial charge on any atom is -0.464 e. The molecular formula is C10H20ClNO3. The van der Waals surface area contributed by atoms with Crippen LogP contribution < -0.4 is 5.73 Å². The van der Waals surface area contributed by atoms with E-state index in [9.17, 15) is 4.79 Å². The SMILES string of the molecule is CCOC(=O)COC1CCC(N)CC1.Cl. The van der Waals surface area contributed by atoms with Crippen molar-refractivity contribution in [1.29, 1.82) is 0 Å². The molecule has 1 saturated carbocycles. The Hall–Kier alpha value is -0.320. The van der Waals surface area contributed by atoms with E-state index in [2.05, 4.69) is 0 Å². The Balaban J connectivity index is 0.00000196. The van der Waals surface area contributed by atoms with Gasteiger partial charge >= 0.3 is 5.97 Å². The molecule has 1 fully saturated rings. The number of carbonyl (C=O) groups is 1. The van der Waals surface area contributed by atoms with Gasteiger partial charge in [0.2, 0.25) is 0 Å². The molecule has 5 heteroatoms. The first-order valence-electron chi connectivity index (χ1n) is 5.25. The van der Waals surface area contributed by atoms with Crippen molar-refractivity contribution in [3.8, 4) is 0 Å². The molecule has 0 aromatic heterocycles. The molecule has 1 aliphatic carbocycles. The molecule has 0 heterocycles. The highest BCUT2D eigenvalue weighted by Gasteiger charge is 2.19. The lowest BCUT2D eigenvalue weighted by atomic mass is 9.94. The summed E-state index contributed by atoms with van der Waals surface area (Å²) in [6.07, 6.45) is 4.10. The molecule has 1 aliphatic rings. The summed E-state index contributed by atoms with van der Waals surface area (Å²) in [6.45, 7) is 2.28. The third-order valence-corrected chi connectivity index (χ3v) is 2.46. The molecular weight excluding hydrogens is 218 g/mol. The van der Waals surface area contributed by atoms with Gasteiger partial charge in [0.25, 0.3) is 0 Å². The van der Waals surface area contributed by atoms with Gasteiger partial charge in [-0.15, -0.1) is 12.4 Å². The zero-order valence-electron chi connectivity index (χ0n) is 9.11. The summed E-state index contributed by atoms with van der Waals surface area (Å²) in [5.41, 5.74) is 5.75. The lowest BCUT2D eigenvalue weighted by Gasteiger charge is -2.25. The molecule has 0 aromatic rings.